The maximum atomic E-state index is 11.2. The zero-order chi connectivity index (χ0) is 12.8. The van der Waals surface area contributed by atoms with Gasteiger partial charge in [0, 0.05) is 19.3 Å². The molecular formula is C12H22N4O. The van der Waals surface area contributed by atoms with Crippen LogP contribution in [0.3, 0.4) is 0 Å². The number of aromatic nitrogens is 2. The summed E-state index contributed by atoms with van der Waals surface area (Å²) in [6.07, 6.45) is 4.70. The summed E-state index contributed by atoms with van der Waals surface area (Å²) in [6, 6.07) is -0.292. The lowest BCUT2D eigenvalue weighted by Crippen LogP contribution is -2.44. The molecule has 0 saturated heterocycles. The maximum absolute atomic E-state index is 11.2. The van der Waals surface area contributed by atoms with Gasteiger partial charge in [0.1, 0.15) is 0 Å². The Hall–Kier alpha value is -1.36. The second-order valence-electron chi connectivity index (χ2n) is 4.58. The highest BCUT2D eigenvalue weighted by molar-refractivity contribution is 5.80. The summed E-state index contributed by atoms with van der Waals surface area (Å²) < 4.78 is 2.09. The van der Waals surface area contributed by atoms with Crippen molar-refractivity contribution in [2.45, 2.75) is 46.3 Å². The minimum atomic E-state index is -0.304. The number of carbonyl (C=O) groups excluding carboxylic acids is 1. The van der Waals surface area contributed by atoms with E-state index in [4.69, 9.17) is 5.73 Å². The normalized spacial score (nSPS) is 12.9. The summed E-state index contributed by atoms with van der Waals surface area (Å²) in [5.41, 5.74) is 6.43. The van der Waals surface area contributed by atoms with Crippen molar-refractivity contribution in [3.05, 3.63) is 18.2 Å². The molecule has 1 aromatic heterocycles. The van der Waals surface area contributed by atoms with Crippen LogP contribution in [0.15, 0.2) is 12.5 Å². The van der Waals surface area contributed by atoms with Crippen LogP contribution in [-0.4, -0.2) is 21.5 Å². The van der Waals surface area contributed by atoms with Gasteiger partial charge in [0.05, 0.1) is 18.1 Å². The molecule has 0 bridgehead atoms. The fourth-order valence-electron chi connectivity index (χ4n) is 1.82. The molecule has 3 N–H and O–H groups in total. The number of amides is 1. The Bertz CT molecular complexity index is 359. The number of nitrogens with one attached hydrogen (secondary N) is 1. The van der Waals surface area contributed by atoms with E-state index in [2.05, 4.69) is 21.8 Å². The van der Waals surface area contributed by atoms with Crippen LogP contribution in [0, 0.1) is 5.92 Å². The Morgan fingerprint density at radius 1 is 1.59 bits per heavy atom. The van der Waals surface area contributed by atoms with Gasteiger partial charge < -0.3 is 10.3 Å². The molecule has 1 atom stereocenters. The SMILES string of the molecule is CCCn1cncc1CNC(C(N)=O)C(C)C. The van der Waals surface area contributed by atoms with Crippen molar-refractivity contribution in [3.8, 4) is 0 Å². The van der Waals surface area contributed by atoms with Crippen LogP contribution in [0.25, 0.3) is 0 Å². The predicted octanol–water partition coefficient (Wildman–Crippen LogP) is 0.893. The van der Waals surface area contributed by atoms with Gasteiger partial charge in [-0.2, -0.15) is 0 Å². The van der Waals surface area contributed by atoms with E-state index in [0.29, 0.717) is 6.54 Å². The molecule has 0 aromatic carbocycles. The van der Waals surface area contributed by atoms with E-state index in [-0.39, 0.29) is 17.9 Å². The second-order valence-corrected chi connectivity index (χ2v) is 4.58. The third-order valence-electron chi connectivity index (χ3n) is 2.74. The Kier molecular flexibility index (Phi) is 5.15. The number of hydrogen-bond donors (Lipinski definition) is 2. The predicted molar refractivity (Wildman–Crippen MR) is 67.2 cm³/mol. The van der Waals surface area contributed by atoms with E-state index < -0.39 is 0 Å². The molecule has 0 aliphatic rings. The molecule has 0 spiro atoms. The average Bonchev–Trinajstić information content (AvgIpc) is 2.65. The monoisotopic (exact) mass is 238 g/mol. The van der Waals surface area contributed by atoms with E-state index in [1.807, 2.05) is 26.4 Å². The topological polar surface area (TPSA) is 72.9 Å². The number of aryl methyl sites for hydroxylation is 1. The van der Waals surface area contributed by atoms with Crippen molar-refractivity contribution in [2.75, 3.05) is 0 Å². The highest BCUT2D eigenvalue weighted by Gasteiger charge is 2.18. The fraction of sp³-hybridized carbons (Fsp3) is 0.667. The Labute approximate surface area is 102 Å². The lowest BCUT2D eigenvalue weighted by Gasteiger charge is -2.19. The summed E-state index contributed by atoms with van der Waals surface area (Å²) in [6.45, 7) is 7.64. The van der Waals surface area contributed by atoms with Crippen molar-refractivity contribution in [3.63, 3.8) is 0 Å². The molecule has 1 rings (SSSR count). The number of primary amides is 1. The van der Waals surface area contributed by atoms with Crippen molar-refractivity contribution in [1.82, 2.24) is 14.9 Å². The molecule has 0 aliphatic heterocycles. The number of hydrogen-bond acceptors (Lipinski definition) is 3. The maximum Gasteiger partial charge on any atom is 0.234 e. The van der Waals surface area contributed by atoms with Crippen LogP contribution in [0.2, 0.25) is 0 Å². The van der Waals surface area contributed by atoms with Gasteiger partial charge >= 0.3 is 0 Å². The quantitative estimate of drug-likeness (QED) is 0.741. The molecule has 0 saturated carbocycles. The molecule has 17 heavy (non-hydrogen) atoms. The first-order valence-electron chi connectivity index (χ1n) is 6.08. The first-order chi connectivity index (χ1) is 8.06. The lowest BCUT2D eigenvalue weighted by atomic mass is 10.0. The van der Waals surface area contributed by atoms with Crippen LogP contribution in [-0.2, 0) is 17.9 Å². The molecule has 96 valence electrons. The Morgan fingerprint density at radius 3 is 2.82 bits per heavy atom. The van der Waals surface area contributed by atoms with Gasteiger partial charge in [-0.25, -0.2) is 4.98 Å². The zero-order valence-corrected chi connectivity index (χ0v) is 10.8. The van der Waals surface area contributed by atoms with Gasteiger partial charge in [-0.05, 0) is 12.3 Å². The van der Waals surface area contributed by atoms with Crippen molar-refractivity contribution < 1.29 is 4.79 Å². The van der Waals surface area contributed by atoms with Crippen LogP contribution < -0.4 is 11.1 Å². The van der Waals surface area contributed by atoms with E-state index in [9.17, 15) is 4.79 Å². The van der Waals surface area contributed by atoms with E-state index in [1.54, 1.807) is 0 Å². The zero-order valence-electron chi connectivity index (χ0n) is 10.8. The first kappa shape index (κ1) is 13.7. The summed E-state index contributed by atoms with van der Waals surface area (Å²) in [5.74, 6) is -0.114. The highest BCUT2D eigenvalue weighted by Crippen LogP contribution is 2.05. The summed E-state index contributed by atoms with van der Waals surface area (Å²) in [4.78, 5) is 15.4. The van der Waals surface area contributed by atoms with Gasteiger partial charge in [-0.3, -0.25) is 10.1 Å². The Morgan fingerprint density at radius 2 is 2.29 bits per heavy atom. The Balaban J connectivity index is 2.59. The number of carbonyl (C=O) groups is 1. The van der Waals surface area contributed by atoms with Gasteiger partial charge in [-0.1, -0.05) is 20.8 Å². The van der Waals surface area contributed by atoms with E-state index in [1.165, 1.54) is 0 Å². The number of nitrogens with zero attached hydrogens (tertiary/aromatic N) is 2. The number of rotatable bonds is 7. The summed E-state index contributed by atoms with van der Waals surface area (Å²) in [5, 5.41) is 3.18. The third kappa shape index (κ3) is 3.85. The molecule has 1 heterocycles. The molecule has 0 radical (unpaired) electrons. The molecule has 1 amide bonds. The van der Waals surface area contributed by atoms with Crippen LogP contribution in [0.4, 0.5) is 0 Å². The molecule has 1 unspecified atom stereocenters. The average molecular weight is 238 g/mol. The number of imidazole rings is 1. The molecule has 0 fully saturated rings. The third-order valence-corrected chi connectivity index (χ3v) is 2.74. The van der Waals surface area contributed by atoms with Gasteiger partial charge in [0.25, 0.3) is 0 Å². The summed E-state index contributed by atoms with van der Waals surface area (Å²) in [7, 11) is 0. The van der Waals surface area contributed by atoms with Gasteiger partial charge in [0.2, 0.25) is 5.91 Å². The van der Waals surface area contributed by atoms with Crippen LogP contribution >= 0.6 is 0 Å². The van der Waals surface area contributed by atoms with Gasteiger partial charge in [0.15, 0.2) is 0 Å². The highest BCUT2D eigenvalue weighted by atomic mass is 16.1. The largest absolute Gasteiger partial charge is 0.368 e. The van der Waals surface area contributed by atoms with Crippen molar-refractivity contribution in [1.29, 1.82) is 0 Å². The lowest BCUT2D eigenvalue weighted by molar-refractivity contribution is -0.121. The van der Waals surface area contributed by atoms with Crippen LogP contribution in [0.5, 0.6) is 0 Å². The standard InChI is InChI=1S/C12H22N4O/c1-4-5-16-8-14-6-10(16)7-15-11(9(2)3)12(13)17/h6,8-9,11,15H,4-5,7H2,1-3H3,(H2,13,17). The fourth-order valence-corrected chi connectivity index (χ4v) is 1.82. The van der Waals surface area contributed by atoms with Gasteiger partial charge in [-0.15, -0.1) is 0 Å². The molecule has 1 aromatic rings. The molecule has 5 nitrogen and oxygen atoms in total. The van der Waals surface area contributed by atoms with E-state index in [0.717, 1.165) is 18.7 Å². The smallest absolute Gasteiger partial charge is 0.234 e. The number of nitrogens with two attached hydrogens (primary N) is 1. The minimum absolute atomic E-state index is 0.190. The van der Waals surface area contributed by atoms with Crippen LogP contribution in [0.1, 0.15) is 32.9 Å². The molecule has 0 aliphatic carbocycles. The van der Waals surface area contributed by atoms with Crippen molar-refractivity contribution >= 4 is 5.91 Å². The van der Waals surface area contributed by atoms with Crippen molar-refractivity contribution in [2.24, 2.45) is 11.7 Å². The minimum Gasteiger partial charge on any atom is -0.368 e. The van der Waals surface area contributed by atoms with E-state index >= 15 is 0 Å². The molecular weight excluding hydrogens is 216 g/mol. The first-order valence-corrected chi connectivity index (χ1v) is 6.08. The second kappa shape index (κ2) is 6.39. The molecule has 5 heteroatoms. The summed E-state index contributed by atoms with van der Waals surface area (Å²) >= 11 is 0.